The van der Waals surface area contributed by atoms with E-state index in [4.69, 9.17) is 0 Å². The fraction of sp³-hybridized carbons (Fsp3) is 0.909. The van der Waals surface area contributed by atoms with Crippen LogP contribution < -0.4 is 10.6 Å². The highest BCUT2D eigenvalue weighted by molar-refractivity contribution is 5.84. The van der Waals surface area contributed by atoms with E-state index < -0.39 is 0 Å². The second-order valence-corrected chi connectivity index (χ2v) is 5.73. The first-order valence-corrected chi connectivity index (χ1v) is 5.27. The topological polar surface area (TPSA) is 41.1 Å². The number of amides is 1. The monoisotopic (exact) mass is 198 g/mol. The predicted molar refractivity (Wildman–Crippen MR) is 58.0 cm³/mol. The predicted octanol–water partition coefficient (Wildman–Crippen LogP) is 1.15. The van der Waals surface area contributed by atoms with Gasteiger partial charge in [0.1, 0.15) is 0 Å². The lowest BCUT2D eigenvalue weighted by Crippen LogP contribution is -2.61. The van der Waals surface area contributed by atoms with E-state index in [2.05, 4.69) is 38.3 Å². The first-order valence-electron chi connectivity index (χ1n) is 5.27. The summed E-state index contributed by atoms with van der Waals surface area (Å²) in [5, 5.41) is 6.22. The average molecular weight is 198 g/mol. The van der Waals surface area contributed by atoms with Crippen LogP contribution >= 0.6 is 0 Å². The second-order valence-electron chi connectivity index (χ2n) is 5.73. The van der Waals surface area contributed by atoms with Gasteiger partial charge >= 0.3 is 0 Å². The molecular formula is C11H22N2O. The van der Waals surface area contributed by atoms with Gasteiger partial charge in [0.2, 0.25) is 5.91 Å². The maximum Gasteiger partial charge on any atom is 0.228 e. The maximum absolute atomic E-state index is 11.9. The lowest BCUT2D eigenvalue weighted by Gasteiger charge is -2.40. The number of hydrogen-bond donors (Lipinski definition) is 2. The molecule has 0 saturated carbocycles. The van der Waals surface area contributed by atoms with Crippen LogP contribution in [0.25, 0.3) is 0 Å². The molecule has 0 aromatic rings. The van der Waals surface area contributed by atoms with Crippen molar-refractivity contribution in [2.45, 2.75) is 40.7 Å². The van der Waals surface area contributed by atoms with Gasteiger partial charge in [-0.1, -0.05) is 20.8 Å². The molecule has 0 radical (unpaired) electrons. The largest absolute Gasteiger partial charge is 0.353 e. The molecular weight excluding hydrogens is 176 g/mol. The minimum absolute atomic E-state index is 0.128. The van der Waals surface area contributed by atoms with Gasteiger partial charge in [-0.15, -0.1) is 0 Å². The van der Waals surface area contributed by atoms with Crippen molar-refractivity contribution in [2.75, 3.05) is 13.1 Å². The number of rotatable bonds is 2. The summed E-state index contributed by atoms with van der Waals surface area (Å²) < 4.78 is 0. The molecule has 3 nitrogen and oxygen atoms in total. The van der Waals surface area contributed by atoms with Crippen LogP contribution in [-0.4, -0.2) is 25.0 Å². The molecule has 3 heteroatoms. The standard InChI is InChI=1S/C11H22N2O/c1-8(10(2,3)4)13-9(14)11(5)6-12-7-11/h8,12H,6-7H2,1-5H3,(H,13,14). The smallest absolute Gasteiger partial charge is 0.228 e. The summed E-state index contributed by atoms with van der Waals surface area (Å²) in [5.41, 5.74) is -0.0529. The van der Waals surface area contributed by atoms with Gasteiger partial charge < -0.3 is 10.6 Å². The Kier molecular flexibility index (Phi) is 2.91. The Morgan fingerprint density at radius 3 is 2.21 bits per heavy atom. The van der Waals surface area contributed by atoms with E-state index in [1.807, 2.05) is 6.92 Å². The summed E-state index contributed by atoms with van der Waals surface area (Å²) >= 11 is 0. The Labute approximate surface area is 86.6 Å². The van der Waals surface area contributed by atoms with E-state index in [0.29, 0.717) is 0 Å². The van der Waals surface area contributed by atoms with Gasteiger partial charge in [-0.25, -0.2) is 0 Å². The van der Waals surface area contributed by atoms with E-state index in [0.717, 1.165) is 13.1 Å². The van der Waals surface area contributed by atoms with Crippen molar-refractivity contribution < 1.29 is 4.79 Å². The summed E-state index contributed by atoms with van der Waals surface area (Å²) in [5.74, 6) is 0.179. The Morgan fingerprint density at radius 1 is 1.43 bits per heavy atom. The Morgan fingerprint density at radius 2 is 1.93 bits per heavy atom. The molecule has 0 aliphatic carbocycles. The molecule has 1 heterocycles. The SMILES string of the molecule is CC(NC(=O)C1(C)CNC1)C(C)(C)C. The molecule has 14 heavy (non-hydrogen) atoms. The zero-order valence-electron chi connectivity index (χ0n) is 9.90. The van der Waals surface area contributed by atoms with Crippen molar-refractivity contribution in [3.05, 3.63) is 0 Å². The number of carbonyl (C=O) groups is 1. The third kappa shape index (κ3) is 2.27. The summed E-state index contributed by atoms with van der Waals surface area (Å²) in [6.07, 6.45) is 0. The Balaban J connectivity index is 2.49. The van der Waals surface area contributed by atoms with Crippen LogP contribution in [0.2, 0.25) is 0 Å². The van der Waals surface area contributed by atoms with Gasteiger partial charge in [0, 0.05) is 19.1 Å². The molecule has 1 saturated heterocycles. The van der Waals surface area contributed by atoms with E-state index in [-0.39, 0.29) is 22.8 Å². The van der Waals surface area contributed by atoms with Crippen molar-refractivity contribution >= 4 is 5.91 Å². The van der Waals surface area contributed by atoms with E-state index in [1.165, 1.54) is 0 Å². The molecule has 2 N–H and O–H groups in total. The molecule has 1 atom stereocenters. The van der Waals surface area contributed by atoms with Crippen molar-refractivity contribution in [1.29, 1.82) is 0 Å². The second kappa shape index (κ2) is 3.54. The minimum atomic E-state index is -0.181. The van der Waals surface area contributed by atoms with Gasteiger partial charge in [-0.05, 0) is 19.3 Å². The van der Waals surface area contributed by atoms with Crippen LogP contribution in [0.3, 0.4) is 0 Å². The van der Waals surface area contributed by atoms with Crippen LogP contribution in [0, 0.1) is 10.8 Å². The summed E-state index contributed by atoms with van der Waals surface area (Å²) in [7, 11) is 0. The van der Waals surface area contributed by atoms with Crippen LogP contribution in [0.1, 0.15) is 34.6 Å². The van der Waals surface area contributed by atoms with E-state index >= 15 is 0 Å². The quantitative estimate of drug-likeness (QED) is 0.699. The summed E-state index contributed by atoms with van der Waals surface area (Å²) in [4.78, 5) is 11.9. The summed E-state index contributed by atoms with van der Waals surface area (Å²) in [6.45, 7) is 12.1. The van der Waals surface area contributed by atoms with Crippen LogP contribution in [0.4, 0.5) is 0 Å². The number of hydrogen-bond acceptors (Lipinski definition) is 2. The molecule has 1 aliphatic heterocycles. The van der Waals surface area contributed by atoms with Crippen molar-refractivity contribution in [1.82, 2.24) is 10.6 Å². The molecule has 0 spiro atoms. The molecule has 0 bridgehead atoms. The first-order chi connectivity index (χ1) is 6.26. The molecule has 0 aromatic carbocycles. The highest BCUT2D eigenvalue weighted by atomic mass is 16.2. The zero-order chi connectivity index (χ0) is 11.0. The Bertz CT molecular complexity index is 226. The van der Waals surface area contributed by atoms with Gasteiger partial charge in [0.15, 0.2) is 0 Å². The number of nitrogens with one attached hydrogen (secondary N) is 2. The molecule has 82 valence electrons. The fourth-order valence-corrected chi connectivity index (χ4v) is 1.25. The van der Waals surface area contributed by atoms with E-state index in [9.17, 15) is 4.79 Å². The fourth-order valence-electron chi connectivity index (χ4n) is 1.25. The molecule has 1 amide bonds. The molecule has 0 aromatic heterocycles. The highest BCUT2D eigenvalue weighted by Crippen LogP contribution is 2.24. The minimum Gasteiger partial charge on any atom is -0.353 e. The molecule has 1 rings (SSSR count). The molecule has 1 aliphatic rings. The van der Waals surface area contributed by atoms with Gasteiger partial charge in [0.25, 0.3) is 0 Å². The van der Waals surface area contributed by atoms with Crippen LogP contribution in [0.15, 0.2) is 0 Å². The van der Waals surface area contributed by atoms with Crippen molar-refractivity contribution in [3.8, 4) is 0 Å². The average Bonchev–Trinajstić information content (AvgIpc) is 1.98. The third-order valence-electron chi connectivity index (χ3n) is 3.23. The van der Waals surface area contributed by atoms with E-state index in [1.54, 1.807) is 0 Å². The lowest BCUT2D eigenvalue weighted by molar-refractivity contribution is -0.134. The van der Waals surface area contributed by atoms with Crippen molar-refractivity contribution in [2.24, 2.45) is 10.8 Å². The number of carbonyl (C=O) groups excluding carboxylic acids is 1. The third-order valence-corrected chi connectivity index (χ3v) is 3.23. The first kappa shape index (κ1) is 11.5. The Hall–Kier alpha value is -0.570. The molecule has 1 unspecified atom stereocenters. The normalized spacial score (nSPS) is 22.4. The van der Waals surface area contributed by atoms with Crippen LogP contribution in [-0.2, 0) is 4.79 Å². The lowest BCUT2D eigenvalue weighted by atomic mass is 9.81. The summed E-state index contributed by atoms with van der Waals surface area (Å²) in [6, 6.07) is 0.215. The highest BCUT2D eigenvalue weighted by Gasteiger charge is 2.40. The van der Waals surface area contributed by atoms with Crippen molar-refractivity contribution in [3.63, 3.8) is 0 Å². The zero-order valence-corrected chi connectivity index (χ0v) is 9.90. The van der Waals surface area contributed by atoms with Gasteiger partial charge in [0.05, 0.1) is 5.41 Å². The van der Waals surface area contributed by atoms with Gasteiger partial charge in [-0.3, -0.25) is 4.79 Å². The van der Waals surface area contributed by atoms with Crippen LogP contribution in [0.5, 0.6) is 0 Å². The molecule has 1 fully saturated rings. The maximum atomic E-state index is 11.9. The van der Waals surface area contributed by atoms with Gasteiger partial charge in [-0.2, -0.15) is 0 Å².